The Kier molecular flexibility index (Phi) is 2.73. The lowest BCUT2D eigenvalue weighted by Gasteiger charge is -2.03. The van der Waals surface area contributed by atoms with Crippen molar-refractivity contribution in [1.29, 1.82) is 0 Å². The van der Waals surface area contributed by atoms with Gasteiger partial charge in [0, 0.05) is 5.69 Å². The molecular formula is C12H14N2S. The number of nitrogens with one attached hydrogen (secondary N) is 1. The van der Waals surface area contributed by atoms with Crippen LogP contribution in [-0.2, 0) is 6.42 Å². The predicted octanol–water partition coefficient (Wildman–Crippen LogP) is 3.41. The van der Waals surface area contributed by atoms with Gasteiger partial charge in [-0.25, -0.2) is 4.68 Å². The Balaban J connectivity index is 2.49. The number of aryl methyl sites for hydroxylation is 2. The highest BCUT2D eigenvalue weighted by atomic mass is 32.1. The lowest BCUT2D eigenvalue weighted by atomic mass is 10.2. The van der Waals surface area contributed by atoms with E-state index in [1.165, 1.54) is 11.3 Å². The molecule has 15 heavy (non-hydrogen) atoms. The highest BCUT2D eigenvalue weighted by Crippen LogP contribution is 2.11. The summed E-state index contributed by atoms with van der Waals surface area (Å²) in [5.41, 5.74) is 3.51. The van der Waals surface area contributed by atoms with E-state index in [2.05, 4.69) is 43.2 Å². The van der Waals surface area contributed by atoms with Crippen LogP contribution in [0.4, 0.5) is 0 Å². The van der Waals surface area contributed by atoms with Crippen LogP contribution in [0.25, 0.3) is 5.69 Å². The van der Waals surface area contributed by atoms with Crippen molar-refractivity contribution in [2.75, 3.05) is 0 Å². The summed E-state index contributed by atoms with van der Waals surface area (Å²) in [5.74, 6) is 0. The average molecular weight is 218 g/mol. The summed E-state index contributed by atoms with van der Waals surface area (Å²) in [6, 6.07) is 10.3. The molecule has 78 valence electrons. The Bertz CT molecular complexity index is 505. The molecule has 1 heterocycles. The minimum absolute atomic E-state index is 0.829. The molecule has 0 aliphatic carbocycles. The van der Waals surface area contributed by atoms with Gasteiger partial charge in [0.05, 0.1) is 5.69 Å². The van der Waals surface area contributed by atoms with Gasteiger partial charge in [0.15, 0.2) is 0 Å². The van der Waals surface area contributed by atoms with Gasteiger partial charge >= 0.3 is 0 Å². The Morgan fingerprint density at radius 1 is 1.27 bits per heavy atom. The zero-order valence-electron chi connectivity index (χ0n) is 8.95. The molecule has 0 aliphatic heterocycles. The number of H-pyrrole nitrogens is 1. The van der Waals surface area contributed by atoms with Gasteiger partial charge in [-0.1, -0.05) is 36.8 Å². The van der Waals surface area contributed by atoms with Crippen molar-refractivity contribution in [3.8, 4) is 5.69 Å². The number of aromatic nitrogens is 2. The van der Waals surface area contributed by atoms with Crippen molar-refractivity contribution in [3.05, 3.63) is 46.2 Å². The van der Waals surface area contributed by atoms with Gasteiger partial charge in [-0.2, -0.15) is 0 Å². The predicted molar refractivity (Wildman–Crippen MR) is 65.1 cm³/mol. The smallest absolute Gasteiger partial charge is 0.127 e. The van der Waals surface area contributed by atoms with E-state index >= 15 is 0 Å². The number of benzene rings is 1. The Labute approximate surface area is 94.5 Å². The fraction of sp³-hybridized carbons (Fsp3) is 0.250. The van der Waals surface area contributed by atoms with E-state index in [0.29, 0.717) is 0 Å². The highest BCUT2D eigenvalue weighted by Gasteiger charge is 2.00. The first kappa shape index (κ1) is 10.2. The van der Waals surface area contributed by atoms with Crippen LogP contribution in [0.5, 0.6) is 0 Å². The van der Waals surface area contributed by atoms with Gasteiger partial charge in [0.2, 0.25) is 0 Å². The van der Waals surface area contributed by atoms with Crippen molar-refractivity contribution >= 4 is 12.2 Å². The molecule has 0 unspecified atom stereocenters. The van der Waals surface area contributed by atoms with Crippen LogP contribution in [0.2, 0.25) is 0 Å². The van der Waals surface area contributed by atoms with Crippen molar-refractivity contribution in [1.82, 2.24) is 9.78 Å². The van der Waals surface area contributed by atoms with E-state index in [1.54, 1.807) is 0 Å². The number of hydrogen-bond acceptors (Lipinski definition) is 1. The molecule has 2 nitrogen and oxygen atoms in total. The minimum atomic E-state index is 0.829. The average Bonchev–Trinajstić information content (AvgIpc) is 2.61. The van der Waals surface area contributed by atoms with Crippen LogP contribution in [-0.4, -0.2) is 9.78 Å². The molecule has 0 aliphatic rings. The van der Waals surface area contributed by atoms with E-state index in [1.807, 2.05) is 10.7 Å². The quantitative estimate of drug-likeness (QED) is 0.766. The molecule has 0 amide bonds. The van der Waals surface area contributed by atoms with Crippen LogP contribution in [0.3, 0.4) is 0 Å². The summed E-state index contributed by atoms with van der Waals surface area (Å²) in [6.45, 7) is 4.19. The van der Waals surface area contributed by atoms with Crippen LogP contribution in [0.15, 0.2) is 30.3 Å². The van der Waals surface area contributed by atoms with Crippen molar-refractivity contribution < 1.29 is 0 Å². The second-order valence-electron chi connectivity index (χ2n) is 3.64. The Morgan fingerprint density at radius 3 is 2.47 bits per heavy atom. The standard InChI is InChI=1S/C12H14N2S/c1-3-10-8-12(15)14(13-10)11-6-4-9(2)5-7-11/h4-8,13H,3H2,1-2H3. The van der Waals surface area contributed by atoms with E-state index in [0.717, 1.165) is 16.7 Å². The third-order valence-corrected chi connectivity index (χ3v) is 2.75. The van der Waals surface area contributed by atoms with Gasteiger partial charge in [0.25, 0.3) is 0 Å². The van der Waals surface area contributed by atoms with Crippen LogP contribution in [0, 0.1) is 11.6 Å². The first-order chi connectivity index (χ1) is 7.20. The SMILES string of the molecule is CCc1cc(=S)n(-c2ccc(C)cc2)[nH]1. The molecule has 3 heteroatoms. The minimum Gasteiger partial charge on any atom is -0.297 e. The van der Waals surface area contributed by atoms with E-state index in [-0.39, 0.29) is 0 Å². The molecule has 0 spiro atoms. The van der Waals surface area contributed by atoms with Crippen LogP contribution < -0.4 is 0 Å². The molecule has 2 aromatic rings. The van der Waals surface area contributed by atoms with Gasteiger partial charge in [-0.15, -0.1) is 0 Å². The maximum atomic E-state index is 5.29. The molecule has 0 bridgehead atoms. The topological polar surface area (TPSA) is 20.7 Å². The fourth-order valence-corrected chi connectivity index (χ4v) is 1.80. The second kappa shape index (κ2) is 4.03. The Morgan fingerprint density at radius 2 is 1.93 bits per heavy atom. The number of aromatic amines is 1. The summed E-state index contributed by atoms with van der Waals surface area (Å²) in [4.78, 5) is 0. The Hall–Kier alpha value is -1.35. The van der Waals surface area contributed by atoms with Gasteiger partial charge in [0.1, 0.15) is 4.64 Å². The number of nitrogens with zero attached hydrogens (tertiary/aromatic N) is 1. The largest absolute Gasteiger partial charge is 0.297 e. The summed E-state index contributed by atoms with van der Waals surface area (Å²) < 4.78 is 2.77. The fourth-order valence-electron chi connectivity index (χ4n) is 1.51. The zero-order valence-corrected chi connectivity index (χ0v) is 9.77. The molecule has 2 rings (SSSR count). The summed E-state index contributed by atoms with van der Waals surface area (Å²) >= 11 is 5.29. The maximum Gasteiger partial charge on any atom is 0.127 e. The summed E-state index contributed by atoms with van der Waals surface area (Å²) in [6.07, 6.45) is 0.975. The van der Waals surface area contributed by atoms with E-state index in [9.17, 15) is 0 Å². The van der Waals surface area contributed by atoms with E-state index in [4.69, 9.17) is 12.2 Å². The van der Waals surface area contributed by atoms with Gasteiger partial charge in [-0.05, 0) is 31.5 Å². The van der Waals surface area contributed by atoms with Gasteiger partial charge < -0.3 is 0 Å². The van der Waals surface area contributed by atoms with Crippen molar-refractivity contribution in [2.45, 2.75) is 20.3 Å². The molecule has 1 aromatic heterocycles. The van der Waals surface area contributed by atoms with Gasteiger partial charge in [-0.3, -0.25) is 5.10 Å². The van der Waals surface area contributed by atoms with Crippen LogP contribution in [0.1, 0.15) is 18.2 Å². The third-order valence-electron chi connectivity index (χ3n) is 2.45. The molecular weight excluding hydrogens is 204 g/mol. The van der Waals surface area contributed by atoms with Crippen molar-refractivity contribution in [3.63, 3.8) is 0 Å². The second-order valence-corrected chi connectivity index (χ2v) is 4.06. The van der Waals surface area contributed by atoms with Crippen LogP contribution >= 0.6 is 12.2 Å². The lowest BCUT2D eigenvalue weighted by Crippen LogP contribution is -1.96. The molecule has 1 aromatic carbocycles. The third kappa shape index (κ3) is 2.02. The molecule has 0 radical (unpaired) electrons. The monoisotopic (exact) mass is 218 g/mol. The summed E-state index contributed by atoms with van der Waals surface area (Å²) in [5, 5.41) is 3.28. The molecule has 0 saturated heterocycles. The molecule has 0 fully saturated rings. The van der Waals surface area contributed by atoms with E-state index < -0.39 is 0 Å². The number of hydrogen-bond donors (Lipinski definition) is 1. The lowest BCUT2D eigenvalue weighted by molar-refractivity contribution is 0.833. The first-order valence-corrected chi connectivity index (χ1v) is 5.49. The number of rotatable bonds is 2. The molecule has 1 N–H and O–H groups in total. The summed E-state index contributed by atoms with van der Waals surface area (Å²) in [7, 11) is 0. The van der Waals surface area contributed by atoms with Crippen molar-refractivity contribution in [2.24, 2.45) is 0 Å². The molecule has 0 atom stereocenters. The normalized spacial score (nSPS) is 10.5. The maximum absolute atomic E-state index is 5.29. The zero-order chi connectivity index (χ0) is 10.8. The first-order valence-electron chi connectivity index (χ1n) is 5.08. The highest BCUT2D eigenvalue weighted by molar-refractivity contribution is 7.71. The molecule has 0 saturated carbocycles.